The molecule has 0 aromatic heterocycles. The molecule has 0 aliphatic rings. The molecule has 6 nitrogen and oxygen atoms in total. The number of benzene rings is 1. The summed E-state index contributed by atoms with van der Waals surface area (Å²) in [5, 5.41) is 11.1. The predicted molar refractivity (Wildman–Crippen MR) is 83.2 cm³/mol. The van der Waals surface area contributed by atoms with Gasteiger partial charge in [0.1, 0.15) is 5.75 Å². The van der Waals surface area contributed by atoms with Gasteiger partial charge in [0, 0.05) is 17.2 Å². The van der Waals surface area contributed by atoms with E-state index < -0.39 is 27.5 Å². The molecule has 0 spiro atoms. The Morgan fingerprint density at radius 1 is 1.33 bits per heavy atom. The lowest BCUT2D eigenvalue weighted by Crippen LogP contribution is -2.23. The van der Waals surface area contributed by atoms with E-state index >= 15 is 0 Å². The summed E-state index contributed by atoms with van der Waals surface area (Å²) in [7, 11) is -3.35. The number of carboxylic acid groups (broad SMARTS) is 1. The van der Waals surface area contributed by atoms with Crippen LogP contribution in [0.1, 0.15) is 12.5 Å². The van der Waals surface area contributed by atoms with Crippen molar-refractivity contribution in [3.05, 3.63) is 29.8 Å². The van der Waals surface area contributed by atoms with Gasteiger partial charge in [0.2, 0.25) is 5.91 Å². The Kier molecular flexibility index (Phi) is 6.70. The molecule has 1 aromatic carbocycles. The van der Waals surface area contributed by atoms with Crippen molar-refractivity contribution in [3.8, 4) is 0 Å². The maximum Gasteiger partial charge on any atom is 0.313 e. The predicted octanol–water partition coefficient (Wildman–Crippen LogP) is 1.38. The van der Waals surface area contributed by atoms with Gasteiger partial charge in [0.25, 0.3) is 0 Å². The number of amides is 1. The smallest absolute Gasteiger partial charge is 0.313 e. The highest BCUT2D eigenvalue weighted by molar-refractivity contribution is 7.99. The van der Waals surface area contributed by atoms with Crippen molar-refractivity contribution in [2.24, 2.45) is 0 Å². The molecule has 0 radical (unpaired) electrons. The minimum Gasteiger partial charge on any atom is -0.481 e. The van der Waals surface area contributed by atoms with E-state index in [0.717, 1.165) is 5.56 Å². The Bertz CT molecular complexity index is 613. The Balaban J connectivity index is 2.60. The summed E-state index contributed by atoms with van der Waals surface area (Å²) in [6, 6.07) is 6.89. The average molecular weight is 331 g/mol. The zero-order valence-electron chi connectivity index (χ0n) is 11.5. The summed E-state index contributed by atoms with van der Waals surface area (Å²) in [6.07, 6.45) is 0. The molecule has 1 amide bonds. The lowest BCUT2D eigenvalue weighted by Gasteiger charge is -2.07. The molecule has 8 heteroatoms. The molecule has 21 heavy (non-hydrogen) atoms. The van der Waals surface area contributed by atoms with E-state index in [0.29, 0.717) is 11.4 Å². The fraction of sp³-hybridized carbons (Fsp3) is 0.385. The highest BCUT2D eigenvalue weighted by atomic mass is 32.2. The lowest BCUT2D eigenvalue weighted by molar-refractivity contribution is -0.133. The molecule has 116 valence electrons. The van der Waals surface area contributed by atoms with Crippen LogP contribution in [0.15, 0.2) is 24.3 Å². The Labute approximate surface area is 127 Å². The molecule has 0 bridgehead atoms. The van der Waals surface area contributed by atoms with Crippen LogP contribution < -0.4 is 5.32 Å². The average Bonchev–Trinajstić information content (AvgIpc) is 2.38. The molecule has 0 saturated carbocycles. The van der Waals surface area contributed by atoms with E-state index in [1.54, 1.807) is 18.2 Å². The number of rotatable bonds is 8. The van der Waals surface area contributed by atoms with E-state index in [-0.39, 0.29) is 11.5 Å². The number of carboxylic acids is 1. The number of thioether (sulfide) groups is 1. The van der Waals surface area contributed by atoms with Gasteiger partial charge in [0.15, 0.2) is 9.84 Å². The van der Waals surface area contributed by atoms with Crippen LogP contribution in [0.25, 0.3) is 0 Å². The van der Waals surface area contributed by atoms with Crippen molar-refractivity contribution in [2.45, 2.75) is 12.7 Å². The maximum atomic E-state index is 11.6. The second-order valence-corrected chi connectivity index (χ2v) is 7.65. The van der Waals surface area contributed by atoms with Crippen molar-refractivity contribution < 1.29 is 23.1 Å². The summed E-state index contributed by atoms with van der Waals surface area (Å²) in [5.74, 6) is -1.57. The number of nitrogens with one attached hydrogen (secondary N) is 1. The first-order valence-electron chi connectivity index (χ1n) is 6.21. The number of hydrogen-bond donors (Lipinski definition) is 2. The molecule has 0 fully saturated rings. The molecule has 0 atom stereocenters. The van der Waals surface area contributed by atoms with Crippen LogP contribution in [0.2, 0.25) is 0 Å². The van der Waals surface area contributed by atoms with Gasteiger partial charge in [-0.3, -0.25) is 9.59 Å². The third kappa shape index (κ3) is 7.14. The minimum absolute atomic E-state index is 0.00529. The number of carbonyl (C=O) groups is 2. The molecule has 0 unspecified atom stereocenters. The van der Waals surface area contributed by atoms with Gasteiger partial charge in [-0.25, -0.2) is 8.42 Å². The van der Waals surface area contributed by atoms with Gasteiger partial charge in [-0.1, -0.05) is 19.1 Å². The normalized spacial score (nSPS) is 11.1. The van der Waals surface area contributed by atoms with Gasteiger partial charge >= 0.3 is 5.97 Å². The Morgan fingerprint density at radius 3 is 2.67 bits per heavy atom. The highest BCUT2D eigenvalue weighted by Gasteiger charge is 2.14. The molecule has 0 heterocycles. The number of carbonyl (C=O) groups excluding carboxylic acids is 1. The van der Waals surface area contributed by atoms with Gasteiger partial charge in [-0.2, -0.15) is 0 Å². The summed E-state index contributed by atoms with van der Waals surface area (Å²) in [6.45, 7) is 1.49. The van der Waals surface area contributed by atoms with E-state index in [9.17, 15) is 18.0 Å². The molecule has 2 N–H and O–H groups in total. The van der Waals surface area contributed by atoms with Gasteiger partial charge in [0.05, 0.1) is 5.75 Å². The van der Waals surface area contributed by atoms with E-state index in [1.807, 2.05) is 6.07 Å². The molecular weight excluding hydrogens is 314 g/mol. The first-order chi connectivity index (χ1) is 9.82. The minimum atomic E-state index is -3.35. The zero-order valence-corrected chi connectivity index (χ0v) is 13.2. The first-order valence-corrected chi connectivity index (χ1v) is 9.19. The zero-order chi connectivity index (χ0) is 15.9. The van der Waals surface area contributed by atoms with Gasteiger partial charge in [-0.05, 0) is 17.7 Å². The second kappa shape index (κ2) is 8.04. The van der Waals surface area contributed by atoms with Crippen molar-refractivity contribution in [1.82, 2.24) is 0 Å². The Morgan fingerprint density at radius 2 is 2.05 bits per heavy atom. The number of sulfone groups is 1. The van der Waals surface area contributed by atoms with Crippen molar-refractivity contribution in [1.29, 1.82) is 0 Å². The monoisotopic (exact) mass is 331 g/mol. The fourth-order valence-electron chi connectivity index (χ4n) is 1.49. The van der Waals surface area contributed by atoms with Crippen molar-refractivity contribution in [2.75, 3.05) is 22.6 Å². The van der Waals surface area contributed by atoms with E-state index in [2.05, 4.69) is 5.32 Å². The van der Waals surface area contributed by atoms with Crippen LogP contribution >= 0.6 is 11.8 Å². The number of anilines is 1. The molecule has 0 aliphatic carbocycles. The van der Waals surface area contributed by atoms with Crippen LogP contribution in [0.5, 0.6) is 0 Å². The second-order valence-electron chi connectivity index (χ2n) is 4.31. The topological polar surface area (TPSA) is 101 Å². The number of aliphatic carboxylic acids is 1. The van der Waals surface area contributed by atoms with Crippen LogP contribution in [0, 0.1) is 0 Å². The van der Waals surface area contributed by atoms with Crippen LogP contribution in [0.4, 0.5) is 5.69 Å². The third-order valence-corrected chi connectivity index (χ3v) is 5.07. The molecule has 1 rings (SSSR count). The summed E-state index contributed by atoms with van der Waals surface area (Å²) >= 11 is 1.25. The number of hydrogen-bond acceptors (Lipinski definition) is 5. The van der Waals surface area contributed by atoms with Crippen molar-refractivity contribution >= 4 is 39.2 Å². The molecule has 1 aromatic rings. The standard InChI is InChI=1S/C13H17NO5S2/c1-2-21(18,19)9-12(15)14-11-5-3-4-10(6-11)7-20-8-13(16)17/h3-6H,2,7-9H2,1H3,(H,14,15)(H,16,17). The molecule has 0 aliphatic heterocycles. The van der Waals surface area contributed by atoms with Gasteiger partial charge in [-0.15, -0.1) is 11.8 Å². The van der Waals surface area contributed by atoms with Crippen molar-refractivity contribution in [3.63, 3.8) is 0 Å². The third-order valence-electron chi connectivity index (χ3n) is 2.50. The SMILES string of the molecule is CCS(=O)(=O)CC(=O)Nc1cccc(CSCC(=O)O)c1. The summed E-state index contributed by atoms with van der Waals surface area (Å²) in [5.41, 5.74) is 1.36. The summed E-state index contributed by atoms with van der Waals surface area (Å²) in [4.78, 5) is 22.1. The van der Waals surface area contributed by atoms with E-state index in [1.165, 1.54) is 18.7 Å². The van der Waals surface area contributed by atoms with Crippen LogP contribution in [-0.2, 0) is 25.2 Å². The van der Waals surface area contributed by atoms with Gasteiger partial charge < -0.3 is 10.4 Å². The van der Waals surface area contributed by atoms with Crippen LogP contribution in [0.3, 0.4) is 0 Å². The highest BCUT2D eigenvalue weighted by Crippen LogP contribution is 2.16. The van der Waals surface area contributed by atoms with E-state index in [4.69, 9.17) is 5.11 Å². The fourth-order valence-corrected chi connectivity index (χ4v) is 2.86. The largest absolute Gasteiger partial charge is 0.481 e. The summed E-state index contributed by atoms with van der Waals surface area (Å²) < 4.78 is 22.7. The Hall–Kier alpha value is -1.54. The molecule has 0 saturated heterocycles. The maximum absolute atomic E-state index is 11.6. The quantitative estimate of drug-likeness (QED) is 0.746. The lowest BCUT2D eigenvalue weighted by atomic mass is 10.2. The molecular formula is C13H17NO5S2. The first kappa shape index (κ1) is 17.5. The van der Waals surface area contributed by atoms with Crippen LogP contribution in [-0.4, -0.2) is 42.7 Å².